The number of hydrogen-bond acceptors (Lipinski definition) is 2. The molecule has 2 rings (SSSR count). The molecule has 1 unspecified atom stereocenters. The lowest BCUT2D eigenvalue weighted by molar-refractivity contribution is 0.297. The zero-order chi connectivity index (χ0) is 14.4. The predicted octanol–water partition coefficient (Wildman–Crippen LogP) is 5.50. The van der Waals surface area contributed by atoms with Gasteiger partial charge in [-0.1, -0.05) is 48.7 Å². The Labute approximate surface area is 131 Å². The van der Waals surface area contributed by atoms with Gasteiger partial charge in [-0.2, -0.15) is 0 Å². The summed E-state index contributed by atoms with van der Waals surface area (Å²) in [6, 6.07) is 6.38. The van der Waals surface area contributed by atoms with E-state index in [-0.39, 0.29) is 0 Å². The van der Waals surface area contributed by atoms with Crippen LogP contribution in [0, 0.1) is 5.92 Å². The van der Waals surface area contributed by atoms with Crippen molar-refractivity contribution in [2.24, 2.45) is 5.92 Å². The molecule has 3 heteroatoms. The third kappa shape index (κ3) is 3.91. The molecule has 1 heterocycles. The highest BCUT2D eigenvalue weighted by atomic mass is 79.9. The van der Waals surface area contributed by atoms with Crippen molar-refractivity contribution in [3.05, 3.63) is 23.8 Å². The summed E-state index contributed by atoms with van der Waals surface area (Å²) in [5, 5.41) is 0. The molecular formula is C17H25BrO2. The fourth-order valence-corrected chi connectivity index (χ4v) is 3.62. The first-order chi connectivity index (χ1) is 9.76. The quantitative estimate of drug-likeness (QED) is 0.636. The van der Waals surface area contributed by atoms with E-state index in [1.807, 2.05) is 0 Å². The van der Waals surface area contributed by atoms with Gasteiger partial charge in [0.15, 0.2) is 11.5 Å². The van der Waals surface area contributed by atoms with E-state index < -0.39 is 0 Å². The largest absolute Gasteiger partial charge is 0.490 e. The standard InChI is InChI=1S/C17H25BrO2/c1-3-6-13(7-4-2)17(18)14-8-9-15-16(12-14)20-11-5-10-19-15/h8-9,12-13,17H,3-7,10-11H2,1-2H3. The van der Waals surface area contributed by atoms with Crippen molar-refractivity contribution in [2.45, 2.75) is 50.8 Å². The lowest BCUT2D eigenvalue weighted by atomic mass is 9.91. The molecule has 1 aliphatic heterocycles. The molecule has 2 nitrogen and oxygen atoms in total. The van der Waals surface area contributed by atoms with Crippen LogP contribution in [0.25, 0.3) is 0 Å². The number of rotatable bonds is 6. The maximum absolute atomic E-state index is 5.79. The number of ether oxygens (including phenoxy) is 2. The van der Waals surface area contributed by atoms with Gasteiger partial charge in [-0.15, -0.1) is 0 Å². The Morgan fingerprint density at radius 2 is 1.70 bits per heavy atom. The number of benzene rings is 1. The summed E-state index contributed by atoms with van der Waals surface area (Å²) in [6.07, 6.45) is 5.95. The van der Waals surface area contributed by atoms with E-state index in [0.29, 0.717) is 10.7 Å². The molecule has 0 aliphatic carbocycles. The van der Waals surface area contributed by atoms with Gasteiger partial charge in [0.05, 0.1) is 13.2 Å². The van der Waals surface area contributed by atoms with Crippen LogP contribution in [0.5, 0.6) is 11.5 Å². The SMILES string of the molecule is CCCC(CCC)C(Br)c1ccc2c(c1)OCCCO2. The molecule has 0 N–H and O–H groups in total. The van der Waals surface area contributed by atoms with E-state index in [2.05, 4.69) is 48.0 Å². The van der Waals surface area contributed by atoms with Crippen LogP contribution in [0.2, 0.25) is 0 Å². The highest BCUT2D eigenvalue weighted by Gasteiger charge is 2.21. The van der Waals surface area contributed by atoms with E-state index in [1.165, 1.54) is 31.2 Å². The highest BCUT2D eigenvalue weighted by molar-refractivity contribution is 9.09. The third-order valence-electron chi connectivity index (χ3n) is 3.82. The molecule has 112 valence electrons. The lowest BCUT2D eigenvalue weighted by Crippen LogP contribution is -2.08. The molecule has 0 radical (unpaired) electrons. The van der Waals surface area contributed by atoms with Crippen molar-refractivity contribution >= 4 is 15.9 Å². The first kappa shape index (κ1) is 15.7. The molecule has 0 spiro atoms. The van der Waals surface area contributed by atoms with Gasteiger partial charge >= 0.3 is 0 Å². The Hall–Kier alpha value is -0.700. The molecule has 20 heavy (non-hydrogen) atoms. The molecule has 0 aromatic heterocycles. The zero-order valence-corrected chi connectivity index (χ0v) is 14.1. The number of hydrogen-bond donors (Lipinski definition) is 0. The number of alkyl halides is 1. The number of halogens is 1. The van der Waals surface area contributed by atoms with Crippen molar-refractivity contribution in [3.8, 4) is 11.5 Å². The Kier molecular flexibility index (Phi) is 6.21. The Bertz CT molecular complexity index is 413. The van der Waals surface area contributed by atoms with E-state index in [1.54, 1.807) is 0 Å². The fourth-order valence-electron chi connectivity index (χ4n) is 2.80. The van der Waals surface area contributed by atoms with Gasteiger partial charge in [0, 0.05) is 11.2 Å². The van der Waals surface area contributed by atoms with Crippen molar-refractivity contribution in [2.75, 3.05) is 13.2 Å². The first-order valence-corrected chi connectivity index (χ1v) is 8.71. The molecular weight excluding hydrogens is 316 g/mol. The normalized spacial score (nSPS) is 16.0. The second-order valence-electron chi connectivity index (χ2n) is 5.50. The van der Waals surface area contributed by atoms with Gasteiger partial charge in [-0.25, -0.2) is 0 Å². The summed E-state index contributed by atoms with van der Waals surface area (Å²) < 4.78 is 11.5. The Balaban J connectivity index is 2.16. The molecule has 0 saturated carbocycles. The fraction of sp³-hybridized carbons (Fsp3) is 0.647. The maximum atomic E-state index is 5.79. The second kappa shape index (κ2) is 7.92. The smallest absolute Gasteiger partial charge is 0.161 e. The summed E-state index contributed by atoms with van der Waals surface area (Å²) in [7, 11) is 0. The lowest BCUT2D eigenvalue weighted by Gasteiger charge is -2.23. The summed E-state index contributed by atoms with van der Waals surface area (Å²) in [5.74, 6) is 2.47. The van der Waals surface area contributed by atoms with Crippen LogP contribution in [-0.2, 0) is 0 Å². The molecule has 0 amide bonds. The van der Waals surface area contributed by atoms with Crippen LogP contribution >= 0.6 is 15.9 Å². The summed E-state index contributed by atoms with van der Waals surface area (Å²) in [5.41, 5.74) is 1.31. The van der Waals surface area contributed by atoms with Gasteiger partial charge in [0.25, 0.3) is 0 Å². The van der Waals surface area contributed by atoms with Gasteiger partial charge in [0.1, 0.15) is 0 Å². The molecule has 0 bridgehead atoms. The van der Waals surface area contributed by atoms with Gasteiger partial charge < -0.3 is 9.47 Å². The van der Waals surface area contributed by atoms with Crippen molar-refractivity contribution in [1.82, 2.24) is 0 Å². The molecule has 1 aromatic rings. The van der Waals surface area contributed by atoms with Gasteiger partial charge in [-0.3, -0.25) is 0 Å². The molecule has 0 saturated heterocycles. The van der Waals surface area contributed by atoms with Crippen LogP contribution in [-0.4, -0.2) is 13.2 Å². The minimum absolute atomic E-state index is 0.402. The summed E-state index contributed by atoms with van der Waals surface area (Å²) in [6.45, 7) is 6.02. The summed E-state index contributed by atoms with van der Waals surface area (Å²) in [4.78, 5) is 0.402. The number of fused-ring (bicyclic) bond motifs is 1. The summed E-state index contributed by atoms with van der Waals surface area (Å²) >= 11 is 3.91. The Morgan fingerprint density at radius 1 is 1.05 bits per heavy atom. The van der Waals surface area contributed by atoms with Gasteiger partial charge in [-0.05, 0) is 36.5 Å². The van der Waals surface area contributed by atoms with Crippen molar-refractivity contribution < 1.29 is 9.47 Å². The Morgan fingerprint density at radius 3 is 2.35 bits per heavy atom. The van der Waals surface area contributed by atoms with Crippen molar-refractivity contribution in [3.63, 3.8) is 0 Å². The maximum Gasteiger partial charge on any atom is 0.161 e. The van der Waals surface area contributed by atoms with Crippen LogP contribution < -0.4 is 9.47 Å². The van der Waals surface area contributed by atoms with E-state index in [0.717, 1.165) is 31.1 Å². The van der Waals surface area contributed by atoms with Crippen molar-refractivity contribution in [1.29, 1.82) is 0 Å². The average Bonchev–Trinajstić information content (AvgIpc) is 2.70. The monoisotopic (exact) mass is 340 g/mol. The average molecular weight is 341 g/mol. The van der Waals surface area contributed by atoms with Crippen LogP contribution in [0.3, 0.4) is 0 Å². The van der Waals surface area contributed by atoms with E-state index in [4.69, 9.17) is 9.47 Å². The second-order valence-corrected chi connectivity index (χ2v) is 6.48. The minimum atomic E-state index is 0.402. The van der Waals surface area contributed by atoms with Crippen LogP contribution in [0.1, 0.15) is 56.3 Å². The highest BCUT2D eigenvalue weighted by Crippen LogP contribution is 2.40. The zero-order valence-electron chi connectivity index (χ0n) is 12.5. The predicted molar refractivity (Wildman–Crippen MR) is 87.0 cm³/mol. The minimum Gasteiger partial charge on any atom is -0.490 e. The molecule has 1 atom stereocenters. The topological polar surface area (TPSA) is 18.5 Å². The first-order valence-electron chi connectivity index (χ1n) is 7.79. The van der Waals surface area contributed by atoms with Crippen LogP contribution in [0.15, 0.2) is 18.2 Å². The van der Waals surface area contributed by atoms with Gasteiger partial charge in [0.2, 0.25) is 0 Å². The third-order valence-corrected chi connectivity index (χ3v) is 5.10. The molecule has 1 aromatic carbocycles. The molecule has 0 fully saturated rings. The van der Waals surface area contributed by atoms with E-state index >= 15 is 0 Å². The molecule has 1 aliphatic rings. The van der Waals surface area contributed by atoms with Crippen LogP contribution in [0.4, 0.5) is 0 Å². The van der Waals surface area contributed by atoms with E-state index in [9.17, 15) is 0 Å².